The summed E-state index contributed by atoms with van der Waals surface area (Å²) in [5, 5.41) is 10.7. The molecule has 2 atom stereocenters. The van der Waals surface area contributed by atoms with E-state index in [9.17, 15) is 5.11 Å². The van der Waals surface area contributed by atoms with Crippen LogP contribution >= 0.6 is 27.7 Å². The average Bonchev–Trinajstić information content (AvgIpc) is 2.39. The van der Waals surface area contributed by atoms with Crippen LogP contribution in [0.15, 0.2) is 16.6 Å². The van der Waals surface area contributed by atoms with Crippen molar-refractivity contribution < 1.29 is 9.84 Å². The Morgan fingerprint density at radius 2 is 2.25 bits per heavy atom. The number of ether oxygens (including phenoxy) is 1. The summed E-state index contributed by atoms with van der Waals surface area (Å²) in [5.41, 5.74) is 2.12. The van der Waals surface area contributed by atoms with E-state index in [0.717, 1.165) is 33.5 Å². The van der Waals surface area contributed by atoms with E-state index in [-0.39, 0.29) is 0 Å². The van der Waals surface area contributed by atoms with Crippen LogP contribution in [0.1, 0.15) is 30.6 Å². The summed E-state index contributed by atoms with van der Waals surface area (Å²) in [6.45, 7) is 2.15. The third-order valence-electron chi connectivity index (χ3n) is 2.88. The van der Waals surface area contributed by atoms with Crippen LogP contribution in [0, 0.1) is 0 Å². The van der Waals surface area contributed by atoms with Crippen LogP contribution in [0.4, 0.5) is 0 Å². The molecule has 0 saturated heterocycles. The zero-order chi connectivity index (χ0) is 11.7. The molecule has 1 aromatic carbocycles. The standard InChI is InChI=1S/C12H15BrO2S/c1-7-5-10(14)12-8(6-16-7)11(15-2)4-3-9(12)13/h3-4,7,10,14H,5-6H2,1-2H3. The SMILES string of the molecule is COc1ccc(Br)c2c1CSC(C)CC2O. The van der Waals surface area contributed by atoms with Crippen LogP contribution in [0.25, 0.3) is 0 Å². The maximum atomic E-state index is 10.2. The summed E-state index contributed by atoms with van der Waals surface area (Å²) in [5.74, 6) is 1.77. The molecule has 4 heteroatoms. The van der Waals surface area contributed by atoms with Crippen molar-refractivity contribution in [2.24, 2.45) is 0 Å². The number of fused-ring (bicyclic) bond motifs is 1. The van der Waals surface area contributed by atoms with E-state index < -0.39 is 6.10 Å². The monoisotopic (exact) mass is 302 g/mol. The van der Waals surface area contributed by atoms with Crippen molar-refractivity contribution in [2.45, 2.75) is 30.5 Å². The molecule has 0 spiro atoms. The Labute approximate surface area is 109 Å². The number of hydrogen-bond donors (Lipinski definition) is 1. The van der Waals surface area contributed by atoms with E-state index in [1.807, 2.05) is 23.9 Å². The van der Waals surface area contributed by atoms with Gasteiger partial charge in [0.2, 0.25) is 0 Å². The van der Waals surface area contributed by atoms with Gasteiger partial charge in [-0.05, 0) is 18.6 Å². The van der Waals surface area contributed by atoms with Crippen molar-refractivity contribution in [3.8, 4) is 5.75 Å². The van der Waals surface area contributed by atoms with Gasteiger partial charge in [-0.25, -0.2) is 0 Å². The lowest BCUT2D eigenvalue weighted by molar-refractivity contribution is 0.167. The number of methoxy groups -OCH3 is 1. The topological polar surface area (TPSA) is 29.5 Å². The highest BCUT2D eigenvalue weighted by Gasteiger charge is 2.25. The molecule has 2 rings (SSSR count). The molecular formula is C12H15BrO2S. The predicted molar refractivity (Wildman–Crippen MR) is 71.0 cm³/mol. The Morgan fingerprint density at radius 3 is 2.94 bits per heavy atom. The average molecular weight is 303 g/mol. The fraction of sp³-hybridized carbons (Fsp3) is 0.500. The molecule has 0 fully saturated rings. The molecular weight excluding hydrogens is 288 g/mol. The number of rotatable bonds is 1. The smallest absolute Gasteiger partial charge is 0.123 e. The first kappa shape index (κ1) is 12.3. The Bertz CT molecular complexity index is 395. The first-order valence-electron chi connectivity index (χ1n) is 5.28. The van der Waals surface area contributed by atoms with Gasteiger partial charge in [-0.2, -0.15) is 11.8 Å². The molecule has 2 unspecified atom stereocenters. The van der Waals surface area contributed by atoms with Crippen molar-refractivity contribution in [1.82, 2.24) is 0 Å². The third kappa shape index (κ3) is 2.24. The lowest BCUT2D eigenvalue weighted by atomic mass is 9.99. The zero-order valence-electron chi connectivity index (χ0n) is 9.37. The molecule has 0 radical (unpaired) electrons. The molecule has 2 nitrogen and oxygen atoms in total. The summed E-state index contributed by atoms with van der Waals surface area (Å²) >= 11 is 5.38. The summed E-state index contributed by atoms with van der Waals surface area (Å²) in [6.07, 6.45) is 0.396. The minimum Gasteiger partial charge on any atom is -0.496 e. The van der Waals surface area contributed by atoms with Crippen LogP contribution in [-0.2, 0) is 5.75 Å². The highest BCUT2D eigenvalue weighted by molar-refractivity contribution is 9.10. The molecule has 0 aliphatic carbocycles. The molecule has 0 bridgehead atoms. The van der Waals surface area contributed by atoms with E-state index in [0.29, 0.717) is 5.25 Å². The van der Waals surface area contributed by atoms with Gasteiger partial charge in [0, 0.05) is 26.6 Å². The lowest BCUT2D eigenvalue weighted by Crippen LogP contribution is -2.05. The molecule has 0 aromatic heterocycles. The summed E-state index contributed by atoms with van der Waals surface area (Å²) < 4.78 is 6.34. The first-order valence-corrected chi connectivity index (χ1v) is 7.12. The quantitative estimate of drug-likeness (QED) is 0.861. The molecule has 1 N–H and O–H groups in total. The van der Waals surface area contributed by atoms with Gasteiger partial charge in [0.1, 0.15) is 5.75 Å². The van der Waals surface area contributed by atoms with E-state index in [1.165, 1.54) is 0 Å². The Morgan fingerprint density at radius 1 is 1.50 bits per heavy atom. The van der Waals surface area contributed by atoms with Gasteiger partial charge in [0.05, 0.1) is 13.2 Å². The van der Waals surface area contributed by atoms with Gasteiger partial charge in [0.15, 0.2) is 0 Å². The van der Waals surface area contributed by atoms with Crippen molar-refractivity contribution in [3.05, 3.63) is 27.7 Å². The van der Waals surface area contributed by atoms with Gasteiger partial charge < -0.3 is 9.84 Å². The largest absolute Gasteiger partial charge is 0.496 e. The van der Waals surface area contributed by atoms with Gasteiger partial charge in [-0.1, -0.05) is 22.9 Å². The van der Waals surface area contributed by atoms with Crippen LogP contribution in [0.3, 0.4) is 0 Å². The van der Waals surface area contributed by atoms with Gasteiger partial charge >= 0.3 is 0 Å². The molecule has 1 aliphatic heterocycles. The molecule has 16 heavy (non-hydrogen) atoms. The lowest BCUT2D eigenvalue weighted by Gasteiger charge is -2.16. The number of halogens is 1. The second-order valence-corrected chi connectivity index (χ2v) is 6.30. The zero-order valence-corrected chi connectivity index (χ0v) is 11.8. The van der Waals surface area contributed by atoms with Gasteiger partial charge in [-0.3, -0.25) is 0 Å². The van der Waals surface area contributed by atoms with Crippen LogP contribution in [0.2, 0.25) is 0 Å². The normalized spacial score (nSPS) is 24.8. The summed E-state index contributed by atoms with van der Waals surface area (Å²) in [4.78, 5) is 0. The maximum absolute atomic E-state index is 10.2. The van der Waals surface area contributed by atoms with Crippen molar-refractivity contribution in [3.63, 3.8) is 0 Å². The van der Waals surface area contributed by atoms with Crippen molar-refractivity contribution >= 4 is 27.7 Å². The Hall–Kier alpha value is -0.190. The predicted octanol–water partition coefficient (Wildman–Crippen LogP) is 3.52. The maximum Gasteiger partial charge on any atom is 0.123 e. The molecule has 1 aliphatic rings. The minimum atomic E-state index is -0.399. The van der Waals surface area contributed by atoms with Crippen LogP contribution in [0.5, 0.6) is 5.75 Å². The molecule has 1 heterocycles. The summed E-state index contributed by atoms with van der Waals surface area (Å²) in [6, 6.07) is 3.90. The molecule has 1 aromatic rings. The Kier molecular flexibility index (Phi) is 3.82. The number of benzene rings is 1. The first-order chi connectivity index (χ1) is 7.63. The van der Waals surface area contributed by atoms with E-state index in [2.05, 4.69) is 22.9 Å². The van der Waals surface area contributed by atoms with Gasteiger partial charge in [-0.15, -0.1) is 0 Å². The highest BCUT2D eigenvalue weighted by Crippen LogP contribution is 2.42. The van der Waals surface area contributed by atoms with E-state index in [4.69, 9.17) is 4.74 Å². The second kappa shape index (κ2) is 4.98. The third-order valence-corrected chi connectivity index (χ3v) is 4.79. The number of hydrogen-bond acceptors (Lipinski definition) is 3. The number of aliphatic hydroxyl groups is 1. The highest BCUT2D eigenvalue weighted by atomic mass is 79.9. The van der Waals surface area contributed by atoms with Gasteiger partial charge in [0.25, 0.3) is 0 Å². The van der Waals surface area contributed by atoms with E-state index in [1.54, 1.807) is 7.11 Å². The van der Waals surface area contributed by atoms with Crippen LogP contribution < -0.4 is 4.74 Å². The van der Waals surface area contributed by atoms with Crippen molar-refractivity contribution in [2.75, 3.05) is 7.11 Å². The fourth-order valence-electron chi connectivity index (χ4n) is 2.04. The van der Waals surface area contributed by atoms with E-state index >= 15 is 0 Å². The number of aliphatic hydroxyl groups excluding tert-OH is 1. The van der Waals surface area contributed by atoms with Crippen molar-refractivity contribution in [1.29, 1.82) is 0 Å². The van der Waals surface area contributed by atoms with Crippen LogP contribution in [-0.4, -0.2) is 17.5 Å². The second-order valence-electron chi connectivity index (χ2n) is 4.01. The molecule has 88 valence electrons. The molecule has 0 amide bonds. The Balaban J connectivity index is 2.52. The fourth-order valence-corrected chi connectivity index (χ4v) is 3.75. The molecule has 0 saturated carbocycles. The summed E-state index contributed by atoms with van der Waals surface area (Å²) in [7, 11) is 1.68. The number of thioether (sulfide) groups is 1. The minimum absolute atomic E-state index is 0.399.